The summed E-state index contributed by atoms with van der Waals surface area (Å²) in [4.78, 5) is 11.4. The van der Waals surface area contributed by atoms with Crippen LogP contribution in [0.25, 0.3) is 0 Å². The molecular weight excluding hydrogens is 212 g/mol. The van der Waals surface area contributed by atoms with Crippen molar-refractivity contribution in [2.75, 3.05) is 11.5 Å². The Bertz CT molecular complexity index is 225. The molecule has 0 saturated carbocycles. The molecule has 0 aliphatic rings. The standard InChI is InChI=1S/C10H22N2O2S/c1-9(2,3)12-8(13)6-15(14)7-10(4,5)11/h6-7,11H2,1-5H3,(H,12,13). The second kappa shape index (κ2) is 5.07. The van der Waals surface area contributed by atoms with Gasteiger partial charge in [0.15, 0.2) is 0 Å². The first-order valence-electron chi connectivity index (χ1n) is 4.94. The van der Waals surface area contributed by atoms with E-state index in [2.05, 4.69) is 5.32 Å². The minimum atomic E-state index is -1.19. The lowest BCUT2D eigenvalue weighted by Gasteiger charge is -2.21. The van der Waals surface area contributed by atoms with Gasteiger partial charge in [0, 0.05) is 27.6 Å². The Morgan fingerprint density at radius 1 is 1.27 bits per heavy atom. The molecule has 15 heavy (non-hydrogen) atoms. The molecule has 5 heteroatoms. The van der Waals surface area contributed by atoms with E-state index in [9.17, 15) is 9.00 Å². The van der Waals surface area contributed by atoms with Crippen molar-refractivity contribution in [1.82, 2.24) is 5.32 Å². The van der Waals surface area contributed by atoms with Crippen molar-refractivity contribution in [2.24, 2.45) is 5.73 Å². The Kier molecular flexibility index (Phi) is 4.93. The van der Waals surface area contributed by atoms with Gasteiger partial charge in [0.05, 0.1) is 0 Å². The Morgan fingerprint density at radius 2 is 1.73 bits per heavy atom. The molecule has 0 bridgehead atoms. The van der Waals surface area contributed by atoms with Crippen LogP contribution in [0.3, 0.4) is 0 Å². The molecule has 1 unspecified atom stereocenters. The molecule has 0 rings (SSSR count). The van der Waals surface area contributed by atoms with Crippen LogP contribution >= 0.6 is 0 Å². The van der Waals surface area contributed by atoms with E-state index < -0.39 is 16.3 Å². The van der Waals surface area contributed by atoms with Crippen LogP contribution in [-0.4, -0.2) is 32.7 Å². The van der Waals surface area contributed by atoms with E-state index in [-0.39, 0.29) is 17.2 Å². The average molecular weight is 234 g/mol. The summed E-state index contributed by atoms with van der Waals surface area (Å²) in [6, 6.07) is 0. The number of nitrogens with two attached hydrogens (primary N) is 1. The van der Waals surface area contributed by atoms with E-state index in [0.29, 0.717) is 5.75 Å². The largest absolute Gasteiger partial charge is 0.351 e. The van der Waals surface area contributed by atoms with Gasteiger partial charge in [-0.3, -0.25) is 9.00 Å². The van der Waals surface area contributed by atoms with E-state index in [1.807, 2.05) is 20.8 Å². The van der Waals surface area contributed by atoms with E-state index >= 15 is 0 Å². The van der Waals surface area contributed by atoms with E-state index in [1.165, 1.54) is 0 Å². The summed E-state index contributed by atoms with van der Waals surface area (Å²) in [5.74, 6) is 0.174. The van der Waals surface area contributed by atoms with Crippen molar-refractivity contribution in [3.8, 4) is 0 Å². The summed E-state index contributed by atoms with van der Waals surface area (Å²) in [7, 11) is -1.19. The number of hydrogen-bond acceptors (Lipinski definition) is 3. The monoisotopic (exact) mass is 234 g/mol. The van der Waals surface area contributed by atoms with Gasteiger partial charge in [-0.1, -0.05) is 0 Å². The highest BCUT2D eigenvalue weighted by atomic mass is 32.2. The van der Waals surface area contributed by atoms with Gasteiger partial charge < -0.3 is 11.1 Å². The van der Waals surface area contributed by atoms with Crippen molar-refractivity contribution < 1.29 is 9.00 Å². The van der Waals surface area contributed by atoms with Gasteiger partial charge in [0.1, 0.15) is 5.75 Å². The fraction of sp³-hybridized carbons (Fsp3) is 0.900. The van der Waals surface area contributed by atoms with Gasteiger partial charge in [-0.25, -0.2) is 0 Å². The molecule has 3 N–H and O–H groups in total. The third-order valence-electron chi connectivity index (χ3n) is 1.34. The molecule has 0 aliphatic carbocycles. The highest BCUT2D eigenvalue weighted by molar-refractivity contribution is 7.85. The van der Waals surface area contributed by atoms with E-state index in [1.54, 1.807) is 13.8 Å². The number of rotatable bonds is 4. The fourth-order valence-corrected chi connectivity index (χ4v) is 2.36. The SMILES string of the molecule is CC(C)(N)CS(=O)CC(=O)NC(C)(C)C. The smallest absolute Gasteiger partial charge is 0.233 e. The molecule has 0 aliphatic heterocycles. The van der Waals surface area contributed by atoms with Crippen LogP contribution in [0.5, 0.6) is 0 Å². The van der Waals surface area contributed by atoms with Crippen molar-refractivity contribution in [1.29, 1.82) is 0 Å². The molecule has 0 spiro atoms. The van der Waals surface area contributed by atoms with Crippen molar-refractivity contribution >= 4 is 16.7 Å². The lowest BCUT2D eigenvalue weighted by atomic mass is 10.1. The molecule has 1 amide bonds. The number of carbonyl (C=O) groups is 1. The molecule has 0 aromatic carbocycles. The zero-order valence-electron chi connectivity index (χ0n) is 10.2. The quantitative estimate of drug-likeness (QED) is 0.739. The predicted octanol–water partition coefficient (Wildman–Crippen LogP) is 0.387. The van der Waals surface area contributed by atoms with Crippen LogP contribution in [0.4, 0.5) is 0 Å². The minimum absolute atomic E-state index is 0.0257. The van der Waals surface area contributed by atoms with Crippen LogP contribution in [0.1, 0.15) is 34.6 Å². The van der Waals surface area contributed by atoms with Crippen molar-refractivity contribution in [2.45, 2.75) is 45.7 Å². The average Bonchev–Trinajstić information content (AvgIpc) is 1.73. The lowest BCUT2D eigenvalue weighted by molar-refractivity contribution is -0.119. The van der Waals surface area contributed by atoms with Gasteiger partial charge in [0.25, 0.3) is 0 Å². The Hall–Kier alpha value is -0.420. The lowest BCUT2D eigenvalue weighted by Crippen LogP contribution is -2.45. The van der Waals surface area contributed by atoms with E-state index in [4.69, 9.17) is 5.73 Å². The normalized spacial score (nSPS) is 14.8. The second-order valence-electron chi connectivity index (χ2n) is 5.52. The molecule has 0 aromatic rings. The summed E-state index contributed by atoms with van der Waals surface area (Å²) < 4.78 is 11.5. The third-order valence-corrected chi connectivity index (χ3v) is 2.99. The number of carbonyl (C=O) groups excluding carboxylic acids is 1. The maximum Gasteiger partial charge on any atom is 0.233 e. The third kappa shape index (κ3) is 9.87. The van der Waals surface area contributed by atoms with Gasteiger partial charge in [-0.05, 0) is 34.6 Å². The zero-order chi connectivity index (χ0) is 12.3. The first-order chi connectivity index (χ1) is 6.49. The number of amides is 1. The van der Waals surface area contributed by atoms with Crippen LogP contribution in [-0.2, 0) is 15.6 Å². The predicted molar refractivity (Wildman–Crippen MR) is 64.0 cm³/mol. The molecule has 0 radical (unpaired) electrons. The molecular formula is C10H22N2O2S. The molecule has 0 heterocycles. The minimum Gasteiger partial charge on any atom is -0.351 e. The van der Waals surface area contributed by atoms with Gasteiger partial charge >= 0.3 is 0 Å². The number of nitrogens with one attached hydrogen (secondary N) is 1. The van der Waals surface area contributed by atoms with Crippen LogP contribution in [0, 0.1) is 0 Å². The second-order valence-corrected chi connectivity index (χ2v) is 6.97. The number of hydrogen-bond donors (Lipinski definition) is 2. The molecule has 1 atom stereocenters. The van der Waals surface area contributed by atoms with Gasteiger partial charge in [0.2, 0.25) is 5.91 Å². The first kappa shape index (κ1) is 14.6. The first-order valence-corrected chi connectivity index (χ1v) is 6.43. The van der Waals surface area contributed by atoms with Gasteiger partial charge in [-0.15, -0.1) is 0 Å². The van der Waals surface area contributed by atoms with Crippen molar-refractivity contribution in [3.63, 3.8) is 0 Å². The van der Waals surface area contributed by atoms with Crippen LogP contribution in [0.2, 0.25) is 0 Å². The highest BCUT2D eigenvalue weighted by Crippen LogP contribution is 2.02. The highest BCUT2D eigenvalue weighted by Gasteiger charge is 2.19. The Labute approximate surface area is 94.4 Å². The summed E-state index contributed by atoms with van der Waals surface area (Å²) in [6.45, 7) is 9.27. The summed E-state index contributed by atoms with van der Waals surface area (Å²) in [5, 5.41) is 2.76. The maximum atomic E-state index is 11.5. The summed E-state index contributed by atoms with van der Waals surface area (Å²) >= 11 is 0. The molecule has 90 valence electrons. The topological polar surface area (TPSA) is 72.2 Å². The zero-order valence-corrected chi connectivity index (χ0v) is 11.0. The molecule has 0 fully saturated rings. The van der Waals surface area contributed by atoms with Gasteiger partial charge in [-0.2, -0.15) is 0 Å². The molecule has 0 aromatic heterocycles. The maximum absolute atomic E-state index is 11.5. The fourth-order valence-electron chi connectivity index (χ4n) is 1.07. The van der Waals surface area contributed by atoms with Crippen molar-refractivity contribution in [3.05, 3.63) is 0 Å². The van der Waals surface area contributed by atoms with E-state index in [0.717, 1.165) is 0 Å². The molecule has 4 nitrogen and oxygen atoms in total. The molecule has 0 saturated heterocycles. The summed E-state index contributed by atoms with van der Waals surface area (Å²) in [6.07, 6.45) is 0. The Balaban J connectivity index is 4.04. The Morgan fingerprint density at radius 3 is 2.07 bits per heavy atom. The van der Waals surface area contributed by atoms with Crippen LogP contribution < -0.4 is 11.1 Å². The summed E-state index contributed by atoms with van der Waals surface area (Å²) in [5.41, 5.74) is 4.94. The van der Waals surface area contributed by atoms with Crippen LogP contribution in [0.15, 0.2) is 0 Å².